The van der Waals surface area contributed by atoms with Crippen LogP contribution in [0.5, 0.6) is 0 Å². The quantitative estimate of drug-likeness (QED) is 0.494. The summed E-state index contributed by atoms with van der Waals surface area (Å²) in [5.74, 6) is 0.468. The number of carbonyl (C=O) groups is 1. The SMILES string of the molecule is ClCc1csc(N2CCCCC2)n1.NC(=S)N1CCCCC1.O=C(CCl)CCl. The van der Waals surface area contributed by atoms with Crippen molar-refractivity contribution >= 4 is 74.4 Å². The Morgan fingerprint density at radius 3 is 1.93 bits per heavy atom. The monoisotopic (exact) mass is 486 g/mol. The second-order valence-corrected chi connectivity index (χ2v) is 8.55. The van der Waals surface area contributed by atoms with E-state index in [4.69, 9.17) is 52.8 Å². The molecule has 0 radical (unpaired) electrons. The first-order valence-electron chi connectivity index (χ1n) is 9.45. The molecule has 160 valence electrons. The minimum absolute atomic E-state index is 0.0312. The Morgan fingerprint density at radius 1 is 1.04 bits per heavy atom. The van der Waals surface area contributed by atoms with Gasteiger partial charge >= 0.3 is 0 Å². The molecule has 2 fully saturated rings. The second-order valence-electron chi connectivity index (χ2n) is 6.49. The highest BCUT2D eigenvalue weighted by Gasteiger charge is 2.13. The number of nitrogens with two attached hydrogens (primary N) is 1. The highest BCUT2D eigenvalue weighted by Crippen LogP contribution is 2.24. The van der Waals surface area contributed by atoms with Crippen LogP contribution >= 0.6 is 58.4 Å². The van der Waals surface area contributed by atoms with Gasteiger partial charge in [0.05, 0.1) is 23.3 Å². The molecule has 0 atom stereocenters. The lowest BCUT2D eigenvalue weighted by Crippen LogP contribution is -2.39. The van der Waals surface area contributed by atoms with E-state index < -0.39 is 0 Å². The van der Waals surface area contributed by atoms with Crippen molar-refractivity contribution in [3.63, 3.8) is 0 Å². The van der Waals surface area contributed by atoms with Crippen LogP contribution in [-0.2, 0) is 10.7 Å². The van der Waals surface area contributed by atoms with Crippen LogP contribution in [0.3, 0.4) is 0 Å². The van der Waals surface area contributed by atoms with Gasteiger partial charge in [0, 0.05) is 31.6 Å². The number of hydrogen-bond acceptors (Lipinski definition) is 5. The fraction of sp³-hybridized carbons (Fsp3) is 0.722. The largest absolute Gasteiger partial charge is 0.376 e. The van der Waals surface area contributed by atoms with Crippen LogP contribution < -0.4 is 10.6 Å². The molecule has 3 heterocycles. The number of alkyl halides is 3. The Kier molecular flexibility index (Phi) is 14.2. The number of nitrogens with zero attached hydrogens (tertiary/aromatic N) is 3. The Morgan fingerprint density at radius 2 is 1.57 bits per heavy atom. The topological polar surface area (TPSA) is 62.5 Å². The Labute approximate surface area is 192 Å². The summed E-state index contributed by atoms with van der Waals surface area (Å²) < 4.78 is 0. The molecule has 2 aliphatic rings. The van der Waals surface area contributed by atoms with E-state index in [1.807, 2.05) is 0 Å². The van der Waals surface area contributed by atoms with E-state index in [1.54, 1.807) is 11.3 Å². The molecule has 0 spiro atoms. The molecule has 2 aliphatic heterocycles. The van der Waals surface area contributed by atoms with Crippen molar-refractivity contribution in [1.82, 2.24) is 9.88 Å². The van der Waals surface area contributed by atoms with Gasteiger partial charge in [0.1, 0.15) is 0 Å². The molecule has 0 saturated carbocycles. The molecule has 3 rings (SSSR count). The Hall–Kier alpha value is -0.340. The number of Topliss-reactive ketones (excluding diaryl/α,β-unsaturated/α-hetero) is 1. The van der Waals surface area contributed by atoms with Crippen molar-refractivity contribution in [2.45, 2.75) is 44.4 Å². The molecule has 0 unspecified atom stereocenters. The van der Waals surface area contributed by atoms with Gasteiger partial charge in [0.2, 0.25) is 0 Å². The number of halogens is 3. The van der Waals surface area contributed by atoms with Crippen molar-refractivity contribution in [2.75, 3.05) is 42.8 Å². The van der Waals surface area contributed by atoms with E-state index in [0.717, 1.165) is 37.0 Å². The summed E-state index contributed by atoms with van der Waals surface area (Å²) in [6.45, 7) is 4.45. The van der Waals surface area contributed by atoms with Gasteiger partial charge in [-0.05, 0) is 50.7 Å². The van der Waals surface area contributed by atoms with Crippen LogP contribution in [0, 0.1) is 0 Å². The summed E-state index contributed by atoms with van der Waals surface area (Å²) in [4.78, 5) is 18.8. The number of anilines is 1. The molecule has 2 saturated heterocycles. The van der Waals surface area contributed by atoms with E-state index in [1.165, 1.54) is 38.5 Å². The minimum atomic E-state index is -0.127. The van der Waals surface area contributed by atoms with E-state index in [2.05, 4.69) is 20.2 Å². The molecule has 0 aromatic carbocycles. The number of carbonyl (C=O) groups excluding carboxylic acids is 1. The number of thiocarbonyl (C=S) groups is 1. The molecule has 28 heavy (non-hydrogen) atoms. The van der Waals surface area contributed by atoms with Gasteiger partial charge in [0.15, 0.2) is 16.0 Å². The predicted octanol–water partition coefficient (Wildman–Crippen LogP) is 4.62. The first kappa shape index (κ1) is 25.7. The van der Waals surface area contributed by atoms with Crippen LogP contribution in [0.2, 0.25) is 0 Å². The normalized spacial score (nSPS) is 16.4. The first-order valence-corrected chi connectivity index (χ1v) is 12.3. The summed E-state index contributed by atoms with van der Waals surface area (Å²) >= 11 is 22.3. The van der Waals surface area contributed by atoms with Crippen molar-refractivity contribution in [3.8, 4) is 0 Å². The van der Waals surface area contributed by atoms with E-state index in [9.17, 15) is 4.79 Å². The summed E-state index contributed by atoms with van der Waals surface area (Å²) in [6.07, 6.45) is 7.80. The average molecular weight is 488 g/mol. The zero-order valence-corrected chi connectivity index (χ0v) is 19.9. The van der Waals surface area contributed by atoms with E-state index >= 15 is 0 Å². The van der Waals surface area contributed by atoms with E-state index in [-0.39, 0.29) is 17.5 Å². The zero-order chi connectivity index (χ0) is 20.8. The maximum atomic E-state index is 9.92. The van der Waals surface area contributed by atoms with Crippen LogP contribution in [0.4, 0.5) is 5.13 Å². The van der Waals surface area contributed by atoms with Crippen LogP contribution in [0.1, 0.15) is 44.2 Å². The number of thiazole rings is 1. The predicted molar refractivity (Wildman–Crippen MR) is 126 cm³/mol. The van der Waals surface area contributed by atoms with Crippen LogP contribution in [0.25, 0.3) is 0 Å². The van der Waals surface area contributed by atoms with Crippen molar-refractivity contribution in [1.29, 1.82) is 0 Å². The Bertz CT molecular complexity index is 571. The maximum absolute atomic E-state index is 9.92. The lowest BCUT2D eigenvalue weighted by atomic mass is 10.1. The van der Waals surface area contributed by atoms with Gasteiger partial charge < -0.3 is 15.5 Å². The molecular weight excluding hydrogens is 459 g/mol. The van der Waals surface area contributed by atoms with E-state index in [0.29, 0.717) is 11.0 Å². The third kappa shape index (κ3) is 10.4. The molecule has 0 aliphatic carbocycles. The Balaban J connectivity index is 0.000000229. The standard InChI is InChI=1S/C9H13ClN2S.C6H12N2S.C3H4Cl2O/c10-6-8-7-13-9(11-8)12-4-2-1-3-5-12;7-6(9)8-4-2-1-3-5-8;4-1-3(6)2-5/h7H,1-6H2;1-5H2,(H2,7,9);1-2H2. The summed E-state index contributed by atoms with van der Waals surface area (Å²) in [6, 6.07) is 0. The maximum Gasteiger partial charge on any atom is 0.185 e. The van der Waals surface area contributed by atoms with Gasteiger partial charge in [-0.3, -0.25) is 4.79 Å². The average Bonchev–Trinajstić information content (AvgIpc) is 3.25. The summed E-state index contributed by atoms with van der Waals surface area (Å²) in [7, 11) is 0. The third-order valence-electron chi connectivity index (χ3n) is 4.27. The lowest BCUT2D eigenvalue weighted by Gasteiger charge is -2.26. The number of rotatable bonds is 4. The fourth-order valence-electron chi connectivity index (χ4n) is 2.74. The molecule has 0 amide bonds. The molecule has 2 N–H and O–H groups in total. The number of ketones is 1. The van der Waals surface area contributed by atoms with Gasteiger partial charge in [-0.25, -0.2) is 4.98 Å². The highest BCUT2D eigenvalue weighted by molar-refractivity contribution is 7.80. The third-order valence-corrected chi connectivity index (χ3v) is 6.35. The molecule has 0 bridgehead atoms. The van der Waals surface area contributed by atoms with Crippen molar-refractivity contribution in [2.24, 2.45) is 5.73 Å². The fourth-order valence-corrected chi connectivity index (χ4v) is 4.31. The molecule has 5 nitrogen and oxygen atoms in total. The number of piperidine rings is 2. The molecule has 1 aromatic rings. The van der Waals surface area contributed by atoms with Gasteiger partial charge in [-0.1, -0.05) is 0 Å². The van der Waals surface area contributed by atoms with Crippen LogP contribution in [-0.4, -0.2) is 58.7 Å². The van der Waals surface area contributed by atoms with Crippen molar-refractivity contribution in [3.05, 3.63) is 11.1 Å². The molecule has 1 aromatic heterocycles. The molecule has 10 heteroatoms. The van der Waals surface area contributed by atoms with Gasteiger partial charge in [-0.2, -0.15) is 0 Å². The lowest BCUT2D eigenvalue weighted by molar-refractivity contribution is -0.114. The van der Waals surface area contributed by atoms with Gasteiger partial charge in [-0.15, -0.1) is 46.1 Å². The molecular formula is C18H29Cl3N4OS2. The highest BCUT2D eigenvalue weighted by atomic mass is 35.5. The summed E-state index contributed by atoms with van der Waals surface area (Å²) in [5, 5.41) is 3.77. The number of aromatic nitrogens is 1. The van der Waals surface area contributed by atoms with Crippen LogP contribution in [0.15, 0.2) is 5.38 Å². The number of hydrogen-bond donors (Lipinski definition) is 1. The summed E-state index contributed by atoms with van der Waals surface area (Å²) in [5.41, 5.74) is 6.43. The first-order chi connectivity index (χ1) is 13.5. The zero-order valence-electron chi connectivity index (χ0n) is 16.0. The number of likely N-dealkylation sites (tertiary alicyclic amines) is 1. The smallest absolute Gasteiger partial charge is 0.185 e. The van der Waals surface area contributed by atoms with Crippen molar-refractivity contribution < 1.29 is 4.79 Å². The minimum Gasteiger partial charge on any atom is -0.376 e. The second kappa shape index (κ2) is 15.5. The van der Waals surface area contributed by atoms with Gasteiger partial charge in [0.25, 0.3) is 0 Å².